The van der Waals surface area contributed by atoms with E-state index in [0.29, 0.717) is 17.2 Å². The molecule has 0 aliphatic heterocycles. The Hall–Kier alpha value is -2.56. The Morgan fingerprint density at radius 2 is 2.00 bits per heavy atom. The number of nitrogen functional groups attached to an aromatic ring is 1. The van der Waals surface area contributed by atoms with Crippen molar-refractivity contribution >= 4 is 23.2 Å². The molecule has 92 valence electrons. The van der Waals surface area contributed by atoms with Crippen molar-refractivity contribution < 1.29 is 9.90 Å². The van der Waals surface area contributed by atoms with Crippen molar-refractivity contribution in [3.05, 3.63) is 47.7 Å². The molecule has 1 aromatic heterocycles. The number of anilines is 3. The Morgan fingerprint density at radius 3 is 2.72 bits per heavy atom. The molecule has 0 saturated heterocycles. The highest BCUT2D eigenvalue weighted by atomic mass is 16.4. The van der Waals surface area contributed by atoms with Gasteiger partial charge in [-0.1, -0.05) is 12.1 Å². The molecular weight excluding hydrogens is 230 g/mol. The number of nitrogens with two attached hydrogens (primary N) is 1. The molecule has 2 rings (SSSR count). The first-order valence-electron chi connectivity index (χ1n) is 5.40. The fourth-order valence-corrected chi connectivity index (χ4v) is 1.57. The number of nitrogens with one attached hydrogen (secondary N) is 1. The van der Waals surface area contributed by atoms with Crippen LogP contribution in [-0.4, -0.2) is 16.1 Å². The Morgan fingerprint density at radius 1 is 1.28 bits per heavy atom. The van der Waals surface area contributed by atoms with Gasteiger partial charge < -0.3 is 16.2 Å². The molecule has 0 radical (unpaired) electrons. The summed E-state index contributed by atoms with van der Waals surface area (Å²) in [6.07, 6.45) is 0. The number of aromatic nitrogens is 1. The van der Waals surface area contributed by atoms with Gasteiger partial charge in [0.05, 0.1) is 16.9 Å². The number of benzene rings is 1. The summed E-state index contributed by atoms with van der Waals surface area (Å²) in [6, 6.07) is 10.1. The van der Waals surface area contributed by atoms with Crippen LogP contribution in [0.1, 0.15) is 16.1 Å². The molecule has 0 amide bonds. The molecule has 0 spiro atoms. The van der Waals surface area contributed by atoms with Gasteiger partial charge >= 0.3 is 5.97 Å². The normalized spacial score (nSPS) is 10.1. The van der Waals surface area contributed by atoms with Crippen LogP contribution in [0.4, 0.5) is 17.2 Å². The van der Waals surface area contributed by atoms with Crippen molar-refractivity contribution in [3.8, 4) is 0 Å². The zero-order valence-corrected chi connectivity index (χ0v) is 9.84. The fourth-order valence-electron chi connectivity index (χ4n) is 1.57. The van der Waals surface area contributed by atoms with Gasteiger partial charge in [-0.25, -0.2) is 9.78 Å². The van der Waals surface area contributed by atoms with Gasteiger partial charge in [0, 0.05) is 5.69 Å². The Balaban J connectivity index is 2.40. The second-order valence-corrected chi connectivity index (χ2v) is 3.87. The van der Waals surface area contributed by atoms with Crippen molar-refractivity contribution in [3.63, 3.8) is 0 Å². The lowest BCUT2D eigenvalue weighted by Gasteiger charge is -2.11. The van der Waals surface area contributed by atoms with E-state index >= 15 is 0 Å². The molecule has 1 aromatic carbocycles. The van der Waals surface area contributed by atoms with Gasteiger partial charge in [-0.05, 0) is 31.2 Å². The molecule has 0 atom stereocenters. The monoisotopic (exact) mass is 243 g/mol. The first-order valence-corrected chi connectivity index (χ1v) is 5.40. The molecule has 4 N–H and O–H groups in total. The molecule has 0 bridgehead atoms. The molecule has 0 saturated carbocycles. The Kier molecular flexibility index (Phi) is 3.14. The lowest BCUT2D eigenvalue weighted by Crippen LogP contribution is -2.05. The number of carboxylic acid groups (broad SMARTS) is 1. The van der Waals surface area contributed by atoms with Crippen LogP contribution in [0, 0.1) is 6.92 Å². The molecule has 0 unspecified atom stereocenters. The standard InChI is InChI=1S/C13H13N3O2/c1-8-6-7-10(14)12(15-8)16-11-5-3-2-4-9(11)13(17)18/h2-7H,14H2,1H3,(H,15,16)(H,17,18). The van der Waals surface area contributed by atoms with Gasteiger partial charge in [0.25, 0.3) is 0 Å². The minimum absolute atomic E-state index is 0.181. The lowest BCUT2D eigenvalue weighted by atomic mass is 10.2. The number of nitrogens with zero attached hydrogens (tertiary/aromatic N) is 1. The number of pyridine rings is 1. The van der Waals surface area contributed by atoms with Gasteiger partial charge in [0.1, 0.15) is 0 Å². The van der Waals surface area contributed by atoms with E-state index in [9.17, 15) is 4.79 Å². The summed E-state index contributed by atoms with van der Waals surface area (Å²) >= 11 is 0. The van der Waals surface area contributed by atoms with Crippen molar-refractivity contribution in [2.24, 2.45) is 0 Å². The number of rotatable bonds is 3. The van der Waals surface area contributed by atoms with Crippen molar-refractivity contribution in [2.75, 3.05) is 11.1 Å². The number of hydrogen-bond donors (Lipinski definition) is 3. The summed E-state index contributed by atoms with van der Waals surface area (Å²) in [6.45, 7) is 1.84. The SMILES string of the molecule is Cc1ccc(N)c(Nc2ccccc2C(=O)O)n1. The third-order valence-electron chi connectivity index (χ3n) is 2.48. The summed E-state index contributed by atoms with van der Waals surface area (Å²) < 4.78 is 0. The van der Waals surface area contributed by atoms with Crippen LogP contribution in [-0.2, 0) is 0 Å². The first-order chi connectivity index (χ1) is 8.58. The summed E-state index contributed by atoms with van der Waals surface area (Å²) in [5.74, 6) is -0.534. The number of hydrogen-bond acceptors (Lipinski definition) is 4. The highest BCUT2D eigenvalue weighted by molar-refractivity contribution is 5.95. The van der Waals surface area contributed by atoms with Gasteiger partial charge in [0.2, 0.25) is 0 Å². The molecule has 0 fully saturated rings. The summed E-state index contributed by atoms with van der Waals surface area (Å²) in [5, 5.41) is 12.0. The lowest BCUT2D eigenvalue weighted by molar-refractivity contribution is 0.0698. The maximum Gasteiger partial charge on any atom is 0.337 e. The van der Waals surface area contributed by atoms with Crippen LogP contribution in [0.3, 0.4) is 0 Å². The highest BCUT2D eigenvalue weighted by Crippen LogP contribution is 2.23. The van der Waals surface area contributed by atoms with Gasteiger partial charge in [0.15, 0.2) is 5.82 Å². The average Bonchev–Trinajstić information content (AvgIpc) is 2.34. The molecule has 5 nitrogen and oxygen atoms in total. The van der Waals surface area contributed by atoms with Crippen LogP contribution in [0.5, 0.6) is 0 Å². The van der Waals surface area contributed by atoms with E-state index in [1.807, 2.05) is 6.92 Å². The molecule has 5 heteroatoms. The molecule has 1 heterocycles. The van der Waals surface area contributed by atoms with Crippen LogP contribution in [0.25, 0.3) is 0 Å². The van der Waals surface area contributed by atoms with E-state index in [-0.39, 0.29) is 5.56 Å². The zero-order valence-electron chi connectivity index (χ0n) is 9.84. The van der Waals surface area contributed by atoms with E-state index in [1.54, 1.807) is 30.3 Å². The number of carbonyl (C=O) groups is 1. The molecule has 18 heavy (non-hydrogen) atoms. The van der Waals surface area contributed by atoms with Gasteiger partial charge in [-0.2, -0.15) is 0 Å². The molecule has 2 aromatic rings. The van der Waals surface area contributed by atoms with Crippen molar-refractivity contribution in [2.45, 2.75) is 6.92 Å². The highest BCUT2D eigenvalue weighted by Gasteiger charge is 2.10. The van der Waals surface area contributed by atoms with E-state index in [1.165, 1.54) is 6.07 Å². The average molecular weight is 243 g/mol. The number of carboxylic acids is 1. The minimum Gasteiger partial charge on any atom is -0.478 e. The first kappa shape index (κ1) is 11.9. The number of aromatic carboxylic acids is 1. The second-order valence-electron chi connectivity index (χ2n) is 3.87. The third-order valence-corrected chi connectivity index (χ3v) is 2.48. The van der Waals surface area contributed by atoms with Crippen molar-refractivity contribution in [1.82, 2.24) is 4.98 Å². The van der Waals surface area contributed by atoms with Crippen LogP contribution in [0.2, 0.25) is 0 Å². The van der Waals surface area contributed by atoms with Crippen molar-refractivity contribution in [1.29, 1.82) is 0 Å². The van der Waals surface area contributed by atoms with Crippen LogP contribution in [0.15, 0.2) is 36.4 Å². The largest absolute Gasteiger partial charge is 0.478 e. The predicted molar refractivity (Wildman–Crippen MR) is 70.1 cm³/mol. The van der Waals surface area contributed by atoms with E-state index in [0.717, 1.165) is 5.69 Å². The smallest absolute Gasteiger partial charge is 0.337 e. The quantitative estimate of drug-likeness (QED) is 0.770. The van der Waals surface area contributed by atoms with E-state index in [2.05, 4.69) is 10.3 Å². The molecule has 0 aliphatic rings. The Labute approximate surface area is 104 Å². The minimum atomic E-state index is -0.996. The molecule has 0 aliphatic carbocycles. The van der Waals surface area contributed by atoms with Gasteiger partial charge in [-0.3, -0.25) is 0 Å². The zero-order chi connectivity index (χ0) is 13.1. The predicted octanol–water partition coefficient (Wildman–Crippen LogP) is 2.41. The van der Waals surface area contributed by atoms with Gasteiger partial charge in [-0.15, -0.1) is 0 Å². The van der Waals surface area contributed by atoms with Crippen LogP contribution >= 0.6 is 0 Å². The number of aryl methyl sites for hydroxylation is 1. The summed E-state index contributed by atoms with van der Waals surface area (Å²) in [7, 11) is 0. The summed E-state index contributed by atoms with van der Waals surface area (Å²) in [4.78, 5) is 15.3. The Bertz CT molecular complexity index is 597. The van der Waals surface area contributed by atoms with E-state index in [4.69, 9.17) is 10.8 Å². The fraction of sp³-hybridized carbons (Fsp3) is 0.0769. The second kappa shape index (κ2) is 4.75. The summed E-state index contributed by atoms with van der Waals surface area (Å²) in [5.41, 5.74) is 7.72. The molecular formula is C13H13N3O2. The van der Waals surface area contributed by atoms with Crippen LogP contribution < -0.4 is 11.1 Å². The maximum atomic E-state index is 11.1. The maximum absolute atomic E-state index is 11.1. The third kappa shape index (κ3) is 2.40. The topological polar surface area (TPSA) is 88.2 Å². The van der Waals surface area contributed by atoms with E-state index < -0.39 is 5.97 Å². The number of para-hydroxylation sites is 1.